The highest BCUT2D eigenvalue weighted by Gasteiger charge is 2.41. The van der Waals surface area contributed by atoms with Crippen LogP contribution in [-0.2, 0) is 14.6 Å². The Kier molecular flexibility index (Phi) is 7.75. The van der Waals surface area contributed by atoms with Crippen LogP contribution in [0.25, 0.3) is 0 Å². The zero-order valence-corrected chi connectivity index (χ0v) is 21.0. The van der Waals surface area contributed by atoms with Gasteiger partial charge in [-0.05, 0) is 37.3 Å². The largest absolute Gasteiger partial charge is 0.476 e. The first-order chi connectivity index (χ1) is 16.5. The number of anilines is 2. The summed E-state index contributed by atoms with van der Waals surface area (Å²) in [6, 6.07) is 8.75. The van der Waals surface area contributed by atoms with E-state index in [1.165, 1.54) is 30.0 Å². The minimum Gasteiger partial charge on any atom is -0.476 e. The summed E-state index contributed by atoms with van der Waals surface area (Å²) < 4.78 is 45.9. The summed E-state index contributed by atoms with van der Waals surface area (Å²) >= 11 is 1.22. The third-order valence-electron chi connectivity index (χ3n) is 6.23. The van der Waals surface area contributed by atoms with E-state index in [1.54, 1.807) is 24.5 Å². The number of carbonyl (C=O) groups is 1. The molecule has 0 aliphatic carbocycles. The number of carboxylic acids is 1. The molecule has 1 heterocycles. The van der Waals surface area contributed by atoms with Crippen molar-refractivity contribution in [2.75, 3.05) is 23.5 Å². The molecule has 35 heavy (non-hydrogen) atoms. The molecule has 188 valence electrons. The highest BCUT2D eigenvalue weighted by atomic mass is 32.2. The van der Waals surface area contributed by atoms with Crippen LogP contribution in [0.15, 0.2) is 58.3 Å². The molecular weight excluding hydrogens is 499 g/mol. The SMILES string of the molecule is CCC1(CC)CN(c2ccc([N+](=O)[O-])cc2)c2cc(SC)c(O/C=C(\F)C(=O)O)cc2S(=O)(=O)C1. The lowest BCUT2D eigenvalue weighted by atomic mass is 9.83. The Morgan fingerprint density at radius 2 is 1.91 bits per heavy atom. The number of hydrogen-bond donors (Lipinski definition) is 1. The monoisotopic (exact) mass is 524 g/mol. The van der Waals surface area contributed by atoms with Crippen LogP contribution in [0.2, 0.25) is 0 Å². The molecule has 2 aromatic carbocycles. The Morgan fingerprint density at radius 1 is 1.29 bits per heavy atom. The summed E-state index contributed by atoms with van der Waals surface area (Å²) in [6.45, 7) is 4.19. The number of nitrogens with zero attached hydrogens (tertiary/aromatic N) is 2. The quantitative estimate of drug-likeness (QED) is 0.160. The number of rotatable bonds is 8. The number of halogens is 1. The van der Waals surface area contributed by atoms with Gasteiger partial charge in [0.25, 0.3) is 5.69 Å². The summed E-state index contributed by atoms with van der Waals surface area (Å²) in [5.74, 6) is -3.47. The van der Waals surface area contributed by atoms with Crippen molar-refractivity contribution in [3.63, 3.8) is 0 Å². The van der Waals surface area contributed by atoms with E-state index in [-0.39, 0.29) is 22.1 Å². The Balaban J connectivity index is 2.26. The van der Waals surface area contributed by atoms with Crippen molar-refractivity contribution in [3.05, 3.63) is 58.6 Å². The number of carboxylic acid groups (broad SMARTS) is 1. The lowest BCUT2D eigenvalue weighted by Crippen LogP contribution is -2.37. The van der Waals surface area contributed by atoms with Crippen LogP contribution in [0.1, 0.15) is 26.7 Å². The third kappa shape index (κ3) is 5.43. The van der Waals surface area contributed by atoms with Crippen LogP contribution >= 0.6 is 11.8 Å². The van der Waals surface area contributed by atoms with Gasteiger partial charge in [-0.3, -0.25) is 10.1 Å². The fourth-order valence-corrected chi connectivity index (χ4v) is 6.79. The second-order valence-electron chi connectivity index (χ2n) is 8.19. The number of aliphatic carboxylic acids is 1. The van der Waals surface area contributed by atoms with E-state index in [9.17, 15) is 27.7 Å². The molecule has 0 radical (unpaired) electrons. The van der Waals surface area contributed by atoms with E-state index in [0.29, 0.717) is 41.9 Å². The molecule has 0 saturated heterocycles. The first-order valence-corrected chi connectivity index (χ1v) is 13.6. The maximum absolute atomic E-state index is 13.6. The zero-order chi connectivity index (χ0) is 26.0. The lowest BCUT2D eigenvalue weighted by Gasteiger charge is -2.35. The van der Waals surface area contributed by atoms with E-state index in [4.69, 9.17) is 9.84 Å². The highest BCUT2D eigenvalue weighted by molar-refractivity contribution is 7.98. The van der Waals surface area contributed by atoms with Gasteiger partial charge in [-0.2, -0.15) is 4.39 Å². The van der Waals surface area contributed by atoms with Crippen molar-refractivity contribution in [2.45, 2.75) is 36.5 Å². The number of thioether (sulfide) groups is 1. The van der Waals surface area contributed by atoms with Crippen molar-refractivity contribution in [3.8, 4) is 5.75 Å². The molecule has 0 bridgehead atoms. The van der Waals surface area contributed by atoms with Crippen molar-refractivity contribution < 1.29 is 32.4 Å². The Hall–Kier alpha value is -3.12. The van der Waals surface area contributed by atoms with Gasteiger partial charge in [0.05, 0.1) is 26.2 Å². The van der Waals surface area contributed by atoms with Crippen LogP contribution in [-0.4, -0.2) is 43.0 Å². The molecule has 1 aliphatic heterocycles. The number of sulfone groups is 1. The number of fused-ring (bicyclic) bond motifs is 1. The van der Waals surface area contributed by atoms with Crippen LogP contribution in [0, 0.1) is 15.5 Å². The minimum absolute atomic E-state index is 0.000344. The summed E-state index contributed by atoms with van der Waals surface area (Å²) in [5.41, 5.74) is 0.254. The van der Waals surface area contributed by atoms with E-state index >= 15 is 0 Å². The van der Waals surface area contributed by atoms with Crippen LogP contribution < -0.4 is 9.64 Å². The second kappa shape index (κ2) is 10.2. The van der Waals surface area contributed by atoms with Gasteiger partial charge in [0.2, 0.25) is 5.83 Å². The number of nitro groups is 1. The number of hydrogen-bond acceptors (Lipinski definition) is 8. The van der Waals surface area contributed by atoms with Gasteiger partial charge in [-0.15, -0.1) is 11.8 Å². The average Bonchev–Trinajstić information content (AvgIpc) is 2.93. The zero-order valence-electron chi connectivity index (χ0n) is 19.4. The van der Waals surface area contributed by atoms with E-state index < -0.39 is 32.0 Å². The lowest BCUT2D eigenvalue weighted by molar-refractivity contribution is -0.384. The molecule has 12 heteroatoms. The van der Waals surface area contributed by atoms with Crippen molar-refractivity contribution in [1.82, 2.24) is 0 Å². The topological polar surface area (TPSA) is 127 Å². The summed E-state index contributed by atoms with van der Waals surface area (Å²) in [7, 11) is -3.85. The molecule has 1 aliphatic rings. The molecule has 9 nitrogen and oxygen atoms in total. The molecule has 0 saturated carbocycles. The Labute approximate surface area is 206 Å². The molecular formula is C23H25FN2O7S2. The number of ether oxygens (including phenoxy) is 1. The van der Waals surface area contributed by atoms with Gasteiger partial charge in [-0.25, -0.2) is 13.2 Å². The molecule has 3 rings (SSSR count). The Bertz CT molecular complexity index is 1270. The second-order valence-corrected chi connectivity index (χ2v) is 11.0. The summed E-state index contributed by atoms with van der Waals surface area (Å²) in [4.78, 5) is 23.6. The standard InChI is InChI=1S/C23H25FN2O7S2/c1-4-23(5-2)13-25(15-6-8-16(9-7-15)26(29)30)18-10-20(34-3)19(33-12-17(24)22(27)28)11-21(18)35(31,32)14-23/h6-12H,4-5,13-14H2,1-3H3,(H,27,28)/b17-12-. The number of non-ortho nitro benzene ring substituents is 1. The molecule has 0 fully saturated rings. The fourth-order valence-electron chi connectivity index (χ4n) is 4.02. The van der Waals surface area contributed by atoms with E-state index in [0.717, 1.165) is 0 Å². The van der Waals surface area contributed by atoms with Gasteiger partial charge < -0.3 is 14.7 Å². The number of benzene rings is 2. The highest BCUT2D eigenvalue weighted by Crippen LogP contribution is 2.47. The third-order valence-corrected chi connectivity index (χ3v) is 8.98. The molecule has 0 atom stereocenters. The van der Waals surface area contributed by atoms with Gasteiger partial charge in [-0.1, -0.05) is 13.8 Å². The van der Waals surface area contributed by atoms with Gasteiger partial charge in [0.15, 0.2) is 9.84 Å². The average molecular weight is 525 g/mol. The molecule has 2 aromatic rings. The van der Waals surface area contributed by atoms with Crippen molar-refractivity contribution in [2.24, 2.45) is 5.41 Å². The fraction of sp³-hybridized carbons (Fsp3) is 0.348. The van der Waals surface area contributed by atoms with Gasteiger partial charge >= 0.3 is 5.97 Å². The predicted octanol–water partition coefficient (Wildman–Crippen LogP) is 5.32. The Morgan fingerprint density at radius 3 is 2.43 bits per heavy atom. The van der Waals surface area contributed by atoms with Gasteiger partial charge in [0.1, 0.15) is 12.0 Å². The summed E-state index contributed by atoms with van der Waals surface area (Å²) in [5, 5.41) is 19.9. The first-order valence-electron chi connectivity index (χ1n) is 10.7. The first kappa shape index (κ1) is 26.5. The summed E-state index contributed by atoms with van der Waals surface area (Å²) in [6.07, 6.45) is 3.29. The van der Waals surface area contributed by atoms with E-state index in [2.05, 4.69) is 0 Å². The molecule has 1 N–H and O–H groups in total. The van der Waals surface area contributed by atoms with Crippen molar-refractivity contribution in [1.29, 1.82) is 0 Å². The van der Waals surface area contributed by atoms with E-state index in [1.807, 2.05) is 18.7 Å². The molecule has 0 unspecified atom stereocenters. The molecule has 0 spiro atoms. The maximum atomic E-state index is 13.6. The predicted molar refractivity (Wildman–Crippen MR) is 131 cm³/mol. The number of nitro benzene ring substituents is 1. The van der Waals surface area contributed by atoms with Crippen molar-refractivity contribution >= 4 is 44.6 Å². The smallest absolute Gasteiger partial charge is 0.368 e. The molecule has 0 amide bonds. The van der Waals surface area contributed by atoms with Gasteiger partial charge in [0, 0.05) is 35.8 Å². The maximum Gasteiger partial charge on any atom is 0.368 e. The van der Waals surface area contributed by atoms with Crippen LogP contribution in [0.3, 0.4) is 0 Å². The van der Waals surface area contributed by atoms with Crippen LogP contribution in [0.4, 0.5) is 21.5 Å². The molecule has 0 aromatic heterocycles. The minimum atomic E-state index is -3.85. The van der Waals surface area contributed by atoms with Crippen LogP contribution in [0.5, 0.6) is 5.75 Å². The normalized spacial score (nSPS) is 16.8.